The van der Waals surface area contributed by atoms with Crippen molar-refractivity contribution in [3.63, 3.8) is 0 Å². The molecule has 0 aromatic carbocycles. The second-order valence-corrected chi connectivity index (χ2v) is 10.3. The van der Waals surface area contributed by atoms with Gasteiger partial charge in [-0.15, -0.1) is 11.3 Å². The largest absolute Gasteiger partial charge is 0.369 e. The van der Waals surface area contributed by atoms with Crippen molar-refractivity contribution in [2.75, 3.05) is 25.0 Å². The van der Waals surface area contributed by atoms with Crippen molar-refractivity contribution in [2.24, 2.45) is 7.05 Å². The van der Waals surface area contributed by atoms with Gasteiger partial charge in [-0.3, -0.25) is 0 Å². The van der Waals surface area contributed by atoms with Crippen LogP contribution in [0.5, 0.6) is 0 Å². The first kappa shape index (κ1) is 20.9. The fraction of sp³-hybridized carbons (Fsp3) is 0.421. The molecule has 1 unspecified atom stereocenters. The summed E-state index contributed by atoms with van der Waals surface area (Å²) in [4.78, 5) is 14.2. The molecule has 3 aromatic heterocycles. The number of anilines is 2. The molecule has 0 aliphatic carbocycles. The monoisotopic (exact) mass is 448 g/mol. The molecule has 0 amide bonds. The molecule has 9 nitrogen and oxygen atoms in total. The van der Waals surface area contributed by atoms with E-state index in [0.29, 0.717) is 24.0 Å². The lowest BCUT2D eigenvalue weighted by atomic mass is 10.2. The molecule has 0 spiro atoms. The Bertz CT molecular complexity index is 1120. The van der Waals surface area contributed by atoms with E-state index in [4.69, 9.17) is 4.74 Å². The van der Waals surface area contributed by atoms with Gasteiger partial charge in [0, 0.05) is 37.4 Å². The molecular formula is C19H24N6O3S2. The van der Waals surface area contributed by atoms with Gasteiger partial charge in [0.25, 0.3) is 10.0 Å². The van der Waals surface area contributed by atoms with Crippen LogP contribution in [0.1, 0.15) is 36.4 Å². The van der Waals surface area contributed by atoms with Crippen LogP contribution in [-0.2, 0) is 21.8 Å². The van der Waals surface area contributed by atoms with Crippen molar-refractivity contribution in [1.82, 2.24) is 23.8 Å². The molecule has 4 heterocycles. The highest BCUT2D eigenvalue weighted by atomic mass is 32.2. The summed E-state index contributed by atoms with van der Waals surface area (Å²) in [6, 6.07) is 5.57. The van der Waals surface area contributed by atoms with Gasteiger partial charge in [-0.2, -0.15) is 4.31 Å². The maximum absolute atomic E-state index is 12.9. The minimum absolute atomic E-state index is 0.0405. The number of thiazole rings is 1. The minimum Gasteiger partial charge on any atom is -0.369 e. The Labute approximate surface area is 179 Å². The van der Waals surface area contributed by atoms with Crippen LogP contribution >= 0.6 is 11.3 Å². The summed E-state index contributed by atoms with van der Waals surface area (Å²) in [5, 5.41) is 4.04. The van der Waals surface area contributed by atoms with E-state index in [2.05, 4.69) is 34.1 Å². The first-order valence-corrected chi connectivity index (χ1v) is 11.9. The summed E-state index contributed by atoms with van der Waals surface area (Å²) in [6.07, 6.45) is 4.39. The maximum atomic E-state index is 12.9. The summed E-state index contributed by atoms with van der Waals surface area (Å²) in [6.45, 7) is 5.01. The number of aryl methyl sites for hydroxylation is 1. The van der Waals surface area contributed by atoms with Gasteiger partial charge in [-0.05, 0) is 18.1 Å². The predicted molar refractivity (Wildman–Crippen MR) is 114 cm³/mol. The second kappa shape index (κ2) is 8.42. The lowest BCUT2D eigenvalue weighted by molar-refractivity contribution is -0.00492. The van der Waals surface area contributed by atoms with Crippen molar-refractivity contribution in [2.45, 2.75) is 30.9 Å². The Balaban J connectivity index is 1.50. The molecular weight excluding hydrogens is 424 g/mol. The van der Waals surface area contributed by atoms with Gasteiger partial charge in [-0.25, -0.2) is 23.4 Å². The fourth-order valence-electron chi connectivity index (χ4n) is 3.10. The van der Waals surface area contributed by atoms with E-state index < -0.39 is 16.1 Å². The van der Waals surface area contributed by atoms with Gasteiger partial charge in [0.15, 0.2) is 10.2 Å². The molecule has 0 bridgehead atoms. The van der Waals surface area contributed by atoms with Crippen molar-refractivity contribution >= 4 is 32.3 Å². The van der Waals surface area contributed by atoms with Gasteiger partial charge in [-0.1, -0.05) is 19.9 Å². The molecule has 0 radical (unpaired) electrons. The average molecular weight is 449 g/mol. The van der Waals surface area contributed by atoms with Crippen molar-refractivity contribution in [1.29, 1.82) is 0 Å². The maximum Gasteiger partial charge on any atom is 0.262 e. The van der Waals surface area contributed by atoms with Crippen molar-refractivity contribution in [3.05, 3.63) is 47.5 Å². The number of sulfonamides is 1. The third-order valence-corrected chi connectivity index (χ3v) is 7.71. The van der Waals surface area contributed by atoms with E-state index in [9.17, 15) is 8.42 Å². The summed E-state index contributed by atoms with van der Waals surface area (Å²) < 4.78 is 34.7. The number of aromatic nitrogens is 4. The second-order valence-electron chi connectivity index (χ2n) is 7.40. The molecule has 1 aliphatic heterocycles. The Morgan fingerprint density at radius 2 is 2.13 bits per heavy atom. The topological polar surface area (TPSA) is 102 Å². The summed E-state index contributed by atoms with van der Waals surface area (Å²) in [5.74, 6) is 1.06. The van der Waals surface area contributed by atoms with Gasteiger partial charge >= 0.3 is 0 Å². The van der Waals surface area contributed by atoms with Crippen LogP contribution < -0.4 is 5.32 Å². The number of morpholine rings is 1. The molecule has 30 heavy (non-hydrogen) atoms. The van der Waals surface area contributed by atoms with Crippen molar-refractivity contribution < 1.29 is 13.2 Å². The quantitative estimate of drug-likeness (QED) is 0.618. The Hall–Kier alpha value is -2.34. The molecule has 1 saturated heterocycles. The zero-order chi connectivity index (χ0) is 21.3. The van der Waals surface area contributed by atoms with Crippen LogP contribution in [0.15, 0.2) is 41.9 Å². The van der Waals surface area contributed by atoms with E-state index >= 15 is 0 Å². The summed E-state index contributed by atoms with van der Waals surface area (Å²) in [7, 11) is -1.94. The molecule has 1 fully saturated rings. The first-order chi connectivity index (χ1) is 14.3. The third kappa shape index (κ3) is 4.38. The lowest BCUT2D eigenvalue weighted by Crippen LogP contribution is -2.42. The fourth-order valence-corrected chi connectivity index (χ4v) is 5.31. The standard InChI is InChI=1S/C19H24N6O3S2/c1-13(2)16-9-20-19(29-16)23-17-6-4-5-14(22-17)15-10-25(7-8-28-15)30(26,27)18-11-24(3)12-21-18/h4-6,9,11-13,15H,7-8,10H2,1-3H3,(H,20,22,23). The van der Waals surface area contributed by atoms with Gasteiger partial charge in [0.1, 0.15) is 11.9 Å². The number of ether oxygens (including phenoxy) is 1. The Morgan fingerprint density at radius 1 is 1.30 bits per heavy atom. The Morgan fingerprint density at radius 3 is 2.83 bits per heavy atom. The number of nitrogens with zero attached hydrogens (tertiary/aromatic N) is 5. The highest BCUT2D eigenvalue weighted by Gasteiger charge is 2.33. The van der Waals surface area contributed by atoms with E-state index in [1.165, 1.54) is 21.7 Å². The van der Waals surface area contributed by atoms with Crippen LogP contribution in [0.3, 0.4) is 0 Å². The van der Waals surface area contributed by atoms with Crippen LogP contribution in [0.25, 0.3) is 0 Å². The highest BCUT2D eigenvalue weighted by Crippen LogP contribution is 2.29. The molecule has 1 atom stereocenters. The Kier molecular flexibility index (Phi) is 5.87. The number of pyridine rings is 1. The van der Waals surface area contributed by atoms with Gasteiger partial charge in [0.2, 0.25) is 0 Å². The number of rotatable bonds is 6. The molecule has 0 saturated carbocycles. The number of imidazole rings is 1. The number of nitrogens with one attached hydrogen (secondary N) is 1. The molecule has 11 heteroatoms. The molecule has 1 N–H and O–H groups in total. The normalized spacial score (nSPS) is 18.1. The summed E-state index contributed by atoms with van der Waals surface area (Å²) in [5.41, 5.74) is 0.668. The van der Waals surface area contributed by atoms with Crippen LogP contribution in [0.4, 0.5) is 10.9 Å². The molecule has 3 aromatic rings. The zero-order valence-electron chi connectivity index (χ0n) is 17.0. The van der Waals surface area contributed by atoms with E-state index in [0.717, 1.165) is 5.13 Å². The van der Waals surface area contributed by atoms with Crippen LogP contribution in [0, 0.1) is 0 Å². The van der Waals surface area contributed by atoms with E-state index in [1.54, 1.807) is 23.0 Å². The minimum atomic E-state index is -3.68. The highest BCUT2D eigenvalue weighted by molar-refractivity contribution is 7.89. The molecule has 1 aliphatic rings. The number of hydrogen-bond acceptors (Lipinski definition) is 8. The smallest absolute Gasteiger partial charge is 0.262 e. The zero-order valence-corrected chi connectivity index (χ0v) is 18.7. The molecule has 160 valence electrons. The molecule has 4 rings (SSSR count). The first-order valence-electron chi connectivity index (χ1n) is 9.62. The van der Waals surface area contributed by atoms with Crippen LogP contribution in [0.2, 0.25) is 0 Å². The van der Waals surface area contributed by atoms with E-state index in [-0.39, 0.29) is 18.1 Å². The van der Waals surface area contributed by atoms with Gasteiger partial charge in [0.05, 0.1) is 18.6 Å². The predicted octanol–water partition coefficient (Wildman–Crippen LogP) is 2.90. The van der Waals surface area contributed by atoms with Crippen molar-refractivity contribution in [3.8, 4) is 0 Å². The SMILES string of the molecule is CC(C)c1cnc(Nc2cccc(C3CN(S(=O)(=O)c4cn(C)cn4)CCO3)n2)s1. The number of hydrogen-bond donors (Lipinski definition) is 1. The lowest BCUT2D eigenvalue weighted by Gasteiger charge is -2.31. The van der Waals surface area contributed by atoms with E-state index in [1.807, 2.05) is 24.4 Å². The van der Waals surface area contributed by atoms with Gasteiger partial charge < -0.3 is 14.6 Å². The third-order valence-electron chi connectivity index (χ3n) is 4.74. The summed E-state index contributed by atoms with van der Waals surface area (Å²) >= 11 is 1.59. The average Bonchev–Trinajstić information content (AvgIpc) is 3.38. The van der Waals surface area contributed by atoms with Crippen LogP contribution in [-0.4, -0.2) is 51.9 Å².